The molecule has 0 aliphatic carbocycles. The lowest BCUT2D eigenvalue weighted by atomic mass is 10.2. The van der Waals surface area contributed by atoms with Crippen LogP contribution >= 0.6 is 0 Å². The van der Waals surface area contributed by atoms with Gasteiger partial charge in [-0.3, -0.25) is 0 Å². The van der Waals surface area contributed by atoms with Gasteiger partial charge in [-0.2, -0.15) is 0 Å². The highest BCUT2D eigenvalue weighted by molar-refractivity contribution is 4.96. The molecule has 1 heterocycles. The van der Waals surface area contributed by atoms with E-state index in [1.807, 2.05) is 13.0 Å². The van der Waals surface area contributed by atoms with Crippen molar-refractivity contribution >= 4 is 0 Å². The predicted molar refractivity (Wildman–Crippen MR) is 46.4 cm³/mol. The van der Waals surface area contributed by atoms with Crippen LogP contribution in [-0.2, 0) is 4.74 Å². The van der Waals surface area contributed by atoms with Gasteiger partial charge in [0.05, 0.1) is 12.2 Å². The maximum absolute atomic E-state index is 5.57. The molecule has 2 nitrogen and oxygen atoms in total. The van der Waals surface area contributed by atoms with E-state index >= 15 is 0 Å². The van der Waals surface area contributed by atoms with Crippen molar-refractivity contribution in [2.75, 3.05) is 0 Å². The highest BCUT2D eigenvalue weighted by Crippen LogP contribution is 2.19. The van der Waals surface area contributed by atoms with Gasteiger partial charge in [-0.25, -0.2) is 0 Å². The van der Waals surface area contributed by atoms with Crippen LogP contribution in [0.1, 0.15) is 26.7 Å². The molecule has 2 N–H and O–H groups in total. The quantitative estimate of drug-likeness (QED) is 0.613. The molecule has 0 aromatic rings. The van der Waals surface area contributed by atoms with Crippen molar-refractivity contribution in [1.82, 2.24) is 0 Å². The van der Waals surface area contributed by atoms with Gasteiger partial charge in [0.15, 0.2) is 0 Å². The number of nitrogens with two attached hydrogens (primary N) is 1. The lowest BCUT2D eigenvalue weighted by Crippen LogP contribution is -2.12. The van der Waals surface area contributed by atoms with Gasteiger partial charge >= 0.3 is 0 Å². The Balaban J connectivity index is 2.28. The standard InChI is InChI=1S/C9H17NO/c1-7(10)3-5-9-6-4-8(2)11-9/h3,5,7-9H,4,6,10H2,1-2H3/b5-3+. The maximum atomic E-state index is 5.57. The van der Waals surface area contributed by atoms with Crippen molar-refractivity contribution in [3.05, 3.63) is 12.2 Å². The van der Waals surface area contributed by atoms with Crippen molar-refractivity contribution < 1.29 is 4.74 Å². The summed E-state index contributed by atoms with van der Waals surface area (Å²) in [5.74, 6) is 0. The van der Waals surface area contributed by atoms with E-state index < -0.39 is 0 Å². The third kappa shape index (κ3) is 3.04. The summed E-state index contributed by atoms with van der Waals surface area (Å²) in [4.78, 5) is 0. The summed E-state index contributed by atoms with van der Waals surface area (Å²) in [5.41, 5.74) is 5.56. The molecule has 3 atom stereocenters. The molecule has 1 aliphatic heterocycles. The molecule has 0 aromatic carbocycles. The minimum absolute atomic E-state index is 0.148. The Kier molecular flexibility index (Phi) is 3.09. The van der Waals surface area contributed by atoms with E-state index in [9.17, 15) is 0 Å². The topological polar surface area (TPSA) is 35.2 Å². The van der Waals surface area contributed by atoms with Crippen molar-refractivity contribution in [3.8, 4) is 0 Å². The highest BCUT2D eigenvalue weighted by Gasteiger charge is 2.18. The second-order valence-electron chi connectivity index (χ2n) is 3.31. The fourth-order valence-corrected chi connectivity index (χ4v) is 1.27. The number of hydrogen-bond donors (Lipinski definition) is 1. The van der Waals surface area contributed by atoms with Gasteiger partial charge in [0, 0.05) is 6.04 Å². The molecule has 0 spiro atoms. The van der Waals surface area contributed by atoms with Gasteiger partial charge in [-0.1, -0.05) is 12.2 Å². The van der Waals surface area contributed by atoms with Gasteiger partial charge in [0.2, 0.25) is 0 Å². The van der Waals surface area contributed by atoms with E-state index in [1.165, 1.54) is 6.42 Å². The second-order valence-corrected chi connectivity index (χ2v) is 3.31. The zero-order valence-electron chi connectivity index (χ0n) is 7.29. The summed E-state index contributed by atoms with van der Waals surface area (Å²) in [6.45, 7) is 4.08. The van der Waals surface area contributed by atoms with Crippen LogP contribution in [0.15, 0.2) is 12.2 Å². The molecule has 1 fully saturated rings. The summed E-state index contributed by atoms with van der Waals surface area (Å²) in [6, 6.07) is 0.148. The Morgan fingerprint density at radius 3 is 2.73 bits per heavy atom. The molecule has 64 valence electrons. The first-order valence-electron chi connectivity index (χ1n) is 4.28. The fourth-order valence-electron chi connectivity index (χ4n) is 1.27. The lowest BCUT2D eigenvalue weighted by molar-refractivity contribution is 0.0831. The van der Waals surface area contributed by atoms with Crippen LogP contribution in [-0.4, -0.2) is 18.2 Å². The molecule has 11 heavy (non-hydrogen) atoms. The molecule has 1 aliphatic rings. The summed E-state index contributed by atoms with van der Waals surface area (Å²) < 4.78 is 5.57. The van der Waals surface area contributed by atoms with Crippen LogP contribution in [0, 0.1) is 0 Å². The Morgan fingerprint density at radius 2 is 2.27 bits per heavy atom. The largest absolute Gasteiger partial charge is 0.371 e. The zero-order chi connectivity index (χ0) is 8.27. The van der Waals surface area contributed by atoms with Gasteiger partial charge in [-0.05, 0) is 26.7 Å². The second kappa shape index (κ2) is 3.88. The SMILES string of the molecule is CC(N)/C=C/C1CCC(C)O1. The van der Waals surface area contributed by atoms with E-state index in [0.29, 0.717) is 12.2 Å². The molecule has 3 unspecified atom stereocenters. The third-order valence-corrected chi connectivity index (χ3v) is 1.89. The minimum atomic E-state index is 0.148. The monoisotopic (exact) mass is 155 g/mol. The van der Waals surface area contributed by atoms with Gasteiger partial charge < -0.3 is 10.5 Å². The van der Waals surface area contributed by atoms with Crippen molar-refractivity contribution in [2.24, 2.45) is 5.73 Å². The van der Waals surface area contributed by atoms with E-state index in [4.69, 9.17) is 10.5 Å². The van der Waals surface area contributed by atoms with Crippen molar-refractivity contribution in [3.63, 3.8) is 0 Å². The van der Waals surface area contributed by atoms with Crippen LogP contribution in [0.25, 0.3) is 0 Å². The molecular formula is C9H17NO. The van der Waals surface area contributed by atoms with Crippen molar-refractivity contribution in [2.45, 2.75) is 44.9 Å². The third-order valence-electron chi connectivity index (χ3n) is 1.89. The molecule has 0 amide bonds. The van der Waals surface area contributed by atoms with Crippen LogP contribution in [0.4, 0.5) is 0 Å². The first-order chi connectivity index (χ1) is 5.18. The van der Waals surface area contributed by atoms with E-state index in [1.54, 1.807) is 0 Å². The van der Waals surface area contributed by atoms with Gasteiger partial charge in [-0.15, -0.1) is 0 Å². The Bertz CT molecular complexity index is 142. The smallest absolute Gasteiger partial charge is 0.0760 e. The molecular weight excluding hydrogens is 138 g/mol. The molecule has 0 radical (unpaired) electrons. The van der Waals surface area contributed by atoms with Crippen LogP contribution in [0.5, 0.6) is 0 Å². The maximum Gasteiger partial charge on any atom is 0.0760 e. The summed E-state index contributed by atoms with van der Waals surface area (Å²) in [6.07, 6.45) is 7.14. The molecule has 1 saturated heterocycles. The average Bonchev–Trinajstić information content (AvgIpc) is 2.31. The molecule has 0 aromatic heterocycles. The summed E-state index contributed by atoms with van der Waals surface area (Å²) in [5, 5.41) is 0. The highest BCUT2D eigenvalue weighted by atomic mass is 16.5. The van der Waals surface area contributed by atoms with E-state index in [0.717, 1.165) is 6.42 Å². The Labute approximate surface area is 68.4 Å². The summed E-state index contributed by atoms with van der Waals surface area (Å²) in [7, 11) is 0. The predicted octanol–water partition coefficient (Wildman–Crippen LogP) is 1.46. The fraction of sp³-hybridized carbons (Fsp3) is 0.778. The lowest BCUT2D eigenvalue weighted by Gasteiger charge is -2.05. The van der Waals surface area contributed by atoms with E-state index in [-0.39, 0.29) is 6.04 Å². The minimum Gasteiger partial charge on any atom is -0.371 e. The Hall–Kier alpha value is -0.340. The molecule has 0 bridgehead atoms. The van der Waals surface area contributed by atoms with Crippen LogP contribution in [0.3, 0.4) is 0 Å². The average molecular weight is 155 g/mol. The first-order valence-corrected chi connectivity index (χ1v) is 4.28. The van der Waals surface area contributed by atoms with Gasteiger partial charge in [0.1, 0.15) is 0 Å². The van der Waals surface area contributed by atoms with Gasteiger partial charge in [0.25, 0.3) is 0 Å². The molecule has 1 rings (SSSR count). The normalized spacial score (nSPS) is 34.8. The number of rotatable bonds is 2. The van der Waals surface area contributed by atoms with E-state index in [2.05, 4.69) is 13.0 Å². The van der Waals surface area contributed by atoms with Crippen LogP contribution < -0.4 is 5.73 Å². The zero-order valence-corrected chi connectivity index (χ0v) is 7.29. The summed E-state index contributed by atoms with van der Waals surface area (Å²) >= 11 is 0. The number of hydrogen-bond acceptors (Lipinski definition) is 2. The number of ether oxygens (including phenoxy) is 1. The first kappa shape index (κ1) is 8.75. The molecule has 0 saturated carbocycles. The molecule has 2 heteroatoms. The Morgan fingerprint density at radius 1 is 1.55 bits per heavy atom. The van der Waals surface area contributed by atoms with Crippen molar-refractivity contribution in [1.29, 1.82) is 0 Å². The van der Waals surface area contributed by atoms with Crippen LogP contribution in [0.2, 0.25) is 0 Å².